The molecule has 0 saturated heterocycles. The second-order valence-electron chi connectivity index (χ2n) is 16.1. The number of hydrogen-bond acceptors (Lipinski definition) is 4. The Morgan fingerprint density at radius 2 is 0.667 bits per heavy atom. The van der Waals surface area contributed by atoms with Crippen LogP contribution in [0.4, 0.5) is 0 Å². The molecule has 0 amide bonds. The van der Waals surface area contributed by atoms with E-state index in [1.54, 1.807) is 0 Å². The predicted molar refractivity (Wildman–Crippen MR) is 258 cm³/mol. The van der Waals surface area contributed by atoms with Crippen LogP contribution in [0.5, 0.6) is 0 Å². The zero-order valence-electron chi connectivity index (χ0n) is 33.9. The third-order valence-electron chi connectivity index (χ3n) is 12.4. The van der Waals surface area contributed by atoms with E-state index in [2.05, 4.69) is 203 Å². The molecule has 0 unspecified atom stereocenters. The van der Waals surface area contributed by atoms with Crippen LogP contribution in [0, 0.1) is 0 Å². The molecule has 294 valence electrons. The Kier molecular flexibility index (Phi) is 7.80. The number of rotatable bonds is 6. The average molecular weight is 806 g/mol. The molecule has 0 aliphatic heterocycles. The van der Waals surface area contributed by atoms with Crippen molar-refractivity contribution in [3.63, 3.8) is 0 Å². The molecule has 0 atom stereocenters. The summed E-state index contributed by atoms with van der Waals surface area (Å²) in [7, 11) is 0. The molecule has 6 nitrogen and oxygen atoms in total. The highest BCUT2D eigenvalue weighted by atomic mass is 16.3. The van der Waals surface area contributed by atoms with E-state index in [1.165, 1.54) is 0 Å². The maximum Gasteiger partial charge on any atom is 0.240 e. The summed E-state index contributed by atoms with van der Waals surface area (Å²) >= 11 is 0. The van der Waals surface area contributed by atoms with E-state index in [0.717, 1.165) is 104 Å². The molecule has 0 bridgehead atoms. The molecule has 0 fully saturated rings. The molecule has 9 aromatic carbocycles. The quantitative estimate of drug-likeness (QED) is 0.168. The maximum absolute atomic E-state index is 6.43. The van der Waals surface area contributed by atoms with Gasteiger partial charge in [-0.15, -0.1) is 0 Å². The Balaban J connectivity index is 1.13. The molecule has 63 heavy (non-hydrogen) atoms. The van der Waals surface area contributed by atoms with Crippen molar-refractivity contribution < 1.29 is 4.42 Å². The van der Waals surface area contributed by atoms with Crippen LogP contribution < -0.4 is 0 Å². The molecule has 13 rings (SSSR count). The van der Waals surface area contributed by atoms with E-state index < -0.39 is 0 Å². The second kappa shape index (κ2) is 14.0. The Bertz CT molecular complexity index is 3810. The van der Waals surface area contributed by atoms with Crippen LogP contribution in [0.15, 0.2) is 217 Å². The highest BCUT2D eigenvalue weighted by Gasteiger charge is 2.22. The van der Waals surface area contributed by atoms with Crippen LogP contribution in [0.1, 0.15) is 0 Å². The lowest BCUT2D eigenvalue weighted by Gasteiger charge is -2.13. The molecule has 4 heterocycles. The Labute approximate surface area is 361 Å². The van der Waals surface area contributed by atoms with Crippen LogP contribution >= 0.6 is 0 Å². The van der Waals surface area contributed by atoms with Crippen molar-refractivity contribution in [1.29, 1.82) is 0 Å². The first-order valence-electron chi connectivity index (χ1n) is 21.2. The fourth-order valence-corrected chi connectivity index (χ4v) is 9.40. The Hall–Kier alpha value is -8.61. The summed E-state index contributed by atoms with van der Waals surface area (Å²) in [5, 5.41) is 6.58. The smallest absolute Gasteiger partial charge is 0.240 e. The molecule has 0 saturated carbocycles. The summed E-state index contributed by atoms with van der Waals surface area (Å²) < 4.78 is 10.9. The fourth-order valence-electron chi connectivity index (χ4n) is 9.40. The SMILES string of the molecule is c1ccc(-c2ccc3c4ccccc4n(-c4nc(-c5ccc6c(c5)oc5ccccc56)nc(-n5c6cc(-c7ccccc7)ccc6c6ccc(-c7ccccc7)cc65)n4)c3c2)cc1. The fraction of sp³-hybridized carbons (Fsp3) is 0. The van der Waals surface area contributed by atoms with Gasteiger partial charge in [-0.1, -0.05) is 170 Å². The maximum atomic E-state index is 6.43. The number of fused-ring (bicyclic) bond motifs is 9. The van der Waals surface area contributed by atoms with Gasteiger partial charge in [-0.05, 0) is 75.8 Å². The highest BCUT2D eigenvalue weighted by molar-refractivity contribution is 6.12. The summed E-state index contributed by atoms with van der Waals surface area (Å²) in [4.78, 5) is 16.4. The first-order chi connectivity index (χ1) is 31.2. The summed E-state index contributed by atoms with van der Waals surface area (Å²) in [6.07, 6.45) is 0. The van der Waals surface area contributed by atoms with Gasteiger partial charge in [0.1, 0.15) is 11.2 Å². The van der Waals surface area contributed by atoms with Crippen molar-refractivity contribution in [2.45, 2.75) is 0 Å². The zero-order valence-corrected chi connectivity index (χ0v) is 33.9. The molecule has 0 N–H and O–H groups in total. The van der Waals surface area contributed by atoms with Gasteiger partial charge in [-0.3, -0.25) is 9.13 Å². The monoisotopic (exact) mass is 805 g/mol. The van der Waals surface area contributed by atoms with E-state index in [1.807, 2.05) is 18.2 Å². The van der Waals surface area contributed by atoms with E-state index in [-0.39, 0.29) is 0 Å². The van der Waals surface area contributed by atoms with Gasteiger partial charge in [-0.2, -0.15) is 15.0 Å². The molecule has 0 spiro atoms. The van der Waals surface area contributed by atoms with Crippen molar-refractivity contribution in [3.8, 4) is 56.7 Å². The number of nitrogens with zero attached hydrogens (tertiary/aromatic N) is 5. The molecule has 13 aromatic rings. The number of benzene rings is 9. The summed E-state index contributed by atoms with van der Waals surface area (Å²) in [6.45, 7) is 0. The van der Waals surface area contributed by atoms with E-state index in [9.17, 15) is 0 Å². The minimum Gasteiger partial charge on any atom is -0.456 e. The lowest BCUT2D eigenvalue weighted by Crippen LogP contribution is -2.10. The number of para-hydroxylation sites is 2. The third kappa shape index (κ3) is 5.69. The van der Waals surface area contributed by atoms with Crippen LogP contribution in [-0.2, 0) is 0 Å². The first kappa shape index (κ1) is 35.2. The number of hydrogen-bond donors (Lipinski definition) is 0. The van der Waals surface area contributed by atoms with E-state index >= 15 is 0 Å². The molecule has 0 aliphatic rings. The highest BCUT2D eigenvalue weighted by Crippen LogP contribution is 2.39. The van der Waals surface area contributed by atoms with Crippen molar-refractivity contribution in [3.05, 3.63) is 212 Å². The van der Waals surface area contributed by atoms with Gasteiger partial charge in [0.15, 0.2) is 5.82 Å². The summed E-state index contributed by atoms with van der Waals surface area (Å²) in [5.41, 5.74) is 13.2. The second-order valence-corrected chi connectivity index (χ2v) is 16.1. The minimum atomic E-state index is 0.514. The van der Waals surface area contributed by atoms with Gasteiger partial charge in [0, 0.05) is 37.9 Å². The lowest BCUT2D eigenvalue weighted by atomic mass is 10.0. The van der Waals surface area contributed by atoms with Crippen LogP contribution in [-0.4, -0.2) is 24.1 Å². The summed E-state index contributed by atoms with van der Waals surface area (Å²) in [5.74, 6) is 1.57. The van der Waals surface area contributed by atoms with Crippen LogP contribution in [0.2, 0.25) is 0 Å². The largest absolute Gasteiger partial charge is 0.456 e. The predicted octanol–water partition coefficient (Wildman–Crippen LogP) is 14.6. The summed E-state index contributed by atoms with van der Waals surface area (Å²) in [6, 6.07) is 74.6. The van der Waals surface area contributed by atoms with Gasteiger partial charge < -0.3 is 4.42 Å². The first-order valence-corrected chi connectivity index (χ1v) is 21.2. The van der Waals surface area contributed by atoms with Gasteiger partial charge in [0.25, 0.3) is 0 Å². The number of aromatic nitrogens is 5. The Morgan fingerprint density at radius 3 is 1.21 bits per heavy atom. The van der Waals surface area contributed by atoms with Gasteiger partial charge >= 0.3 is 0 Å². The van der Waals surface area contributed by atoms with Crippen molar-refractivity contribution in [2.75, 3.05) is 0 Å². The standard InChI is InChI=1S/C57H35N5O/c1-4-14-36(15-5-1)39-24-28-44-43-20-10-12-22-49(43)61(50(44)32-39)56-58-55(42-27-31-48-47-21-11-13-23-53(47)63-54(48)35-42)59-57(60-56)62-51-33-40(37-16-6-2-7-17-37)25-29-45(51)46-30-26-41(34-52(46)62)38-18-8-3-9-19-38/h1-35H. The molecule has 4 aromatic heterocycles. The Morgan fingerprint density at radius 1 is 0.270 bits per heavy atom. The van der Waals surface area contributed by atoms with Crippen molar-refractivity contribution in [2.24, 2.45) is 0 Å². The van der Waals surface area contributed by atoms with Crippen LogP contribution in [0.3, 0.4) is 0 Å². The van der Waals surface area contributed by atoms with Gasteiger partial charge in [-0.25, -0.2) is 0 Å². The van der Waals surface area contributed by atoms with E-state index in [0.29, 0.717) is 17.7 Å². The lowest BCUT2D eigenvalue weighted by molar-refractivity contribution is 0.669. The molecular formula is C57H35N5O. The topological polar surface area (TPSA) is 61.7 Å². The van der Waals surface area contributed by atoms with Crippen LogP contribution in [0.25, 0.3) is 122 Å². The molecular weight excluding hydrogens is 771 g/mol. The minimum absolute atomic E-state index is 0.514. The third-order valence-corrected chi connectivity index (χ3v) is 12.4. The molecule has 0 radical (unpaired) electrons. The normalized spacial score (nSPS) is 11.8. The van der Waals surface area contributed by atoms with Gasteiger partial charge in [0.05, 0.1) is 22.1 Å². The van der Waals surface area contributed by atoms with Gasteiger partial charge in [0.2, 0.25) is 11.9 Å². The molecule has 6 heteroatoms. The average Bonchev–Trinajstić information content (AvgIpc) is 4.01. The number of furan rings is 1. The van der Waals surface area contributed by atoms with Crippen molar-refractivity contribution in [1.82, 2.24) is 24.1 Å². The van der Waals surface area contributed by atoms with Crippen molar-refractivity contribution >= 4 is 65.6 Å². The molecule has 0 aliphatic carbocycles. The van der Waals surface area contributed by atoms with E-state index in [4.69, 9.17) is 19.4 Å². The zero-order chi connectivity index (χ0) is 41.4.